The predicted molar refractivity (Wildman–Crippen MR) is 111 cm³/mol. The molecule has 12 heteroatoms. The fraction of sp³-hybridized carbons (Fsp3) is 0.294. The first-order valence-corrected chi connectivity index (χ1v) is 9.20. The maximum atomic E-state index is 11.9. The van der Waals surface area contributed by atoms with Crippen molar-refractivity contribution in [1.29, 1.82) is 5.41 Å². The van der Waals surface area contributed by atoms with Gasteiger partial charge in [0.05, 0.1) is 15.7 Å². The van der Waals surface area contributed by atoms with Crippen LogP contribution in [0.5, 0.6) is 5.75 Å². The lowest BCUT2D eigenvalue weighted by atomic mass is 9.97. The largest absolute Gasteiger partial charge is 0.437 e. The molecule has 2 aromatic rings. The van der Waals surface area contributed by atoms with E-state index in [0.29, 0.717) is 12.0 Å². The highest BCUT2D eigenvalue weighted by molar-refractivity contribution is 6.37. The predicted octanol–water partition coefficient (Wildman–Crippen LogP) is 1.42. The second-order valence-electron chi connectivity index (χ2n) is 6.16. The van der Waals surface area contributed by atoms with Gasteiger partial charge in [0.1, 0.15) is 6.23 Å². The van der Waals surface area contributed by atoms with E-state index in [1.54, 1.807) is 0 Å². The summed E-state index contributed by atoms with van der Waals surface area (Å²) in [4.78, 5) is 25.3. The Morgan fingerprint density at radius 1 is 1.41 bits per heavy atom. The Hall–Kier alpha value is -2.66. The number of hydrogen-bond donors (Lipinski definition) is 5. The Balaban J connectivity index is 2.40. The number of nitrogens with two attached hydrogens (primary N) is 2. The van der Waals surface area contributed by atoms with Crippen LogP contribution < -0.4 is 27.5 Å². The molecule has 0 aliphatic heterocycles. The van der Waals surface area contributed by atoms with E-state index in [1.807, 2.05) is 18.8 Å². The number of anilines is 1. The number of halogens is 2. The van der Waals surface area contributed by atoms with E-state index in [1.165, 1.54) is 18.2 Å². The molecular formula is C17H20Cl2N6O4. The van der Waals surface area contributed by atoms with Gasteiger partial charge in [0.2, 0.25) is 11.7 Å². The molecule has 0 radical (unpaired) electrons. The smallest absolute Gasteiger partial charge is 0.349 e. The number of rotatable bonds is 6. The Kier molecular flexibility index (Phi) is 7.20. The zero-order chi connectivity index (χ0) is 21.9. The second kappa shape index (κ2) is 9.23. The maximum absolute atomic E-state index is 11.9. The van der Waals surface area contributed by atoms with E-state index in [0.717, 1.165) is 4.68 Å². The van der Waals surface area contributed by atoms with E-state index >= 15 is 0 Å². The van der Waals surface area contributed by atoms with Gasteiger partial charge in [-0.3, -0.25) is 15.2 Å². The van der Waals surface area contributed by atoms with Crippen LogP contribution in [0.1, 0.15) is 20.3 Å². The van der Waals surface area contributed by atoms with Crippen LogP contribution >= 0.6 is 23.2 Å². The molecule has 0 fully saturated rings. The minimum atomic E-state index is -1.24. The van der Waals surface area contributed by atoms with Crippen LogP contribution in [0.25, 0.3) is 5.69 Å². The monoisotopic (exact) mass is 442 g/mol. The Bertz CT molecular complexity index is 1050. The first kappa shape index (κ1) is 22.6. The lowest BCUT2D eigenvalue weighted by molar-refractivity contribution is 0.205. The standard InChI is InChI=1S/C17H20Cl2N6O4/c1-3-7(2)9(15(22)26)6-12(20)29-13-10(18)4-8(5-11(13)19)25-17(28)23-16(27)14(21)24-25/h4-7,15,20,26H,3,22H2,1-2H3,(H2,21,24)(H,23,27,28)/b9-6-,20-12?/t7-,15?/m0/s1. The SMILES string of the molecule is CC[C@H](C)/C(=C/C(=N)Oc1c(Cl)cc(-n2nc(N)c(=O)[nH]c2=O)cc1Cl)C(N)O. The summed E-state index contributed by atoms with van der Waals surface area (Å²) in [6.45, 7) is 3.77. The van der Waals surface area contributed by atoms with Crippen LogP contribution in [0.15, 0.2) is 33.4 Å². The lowest BCUT2D eigenvalue weighted by Crippen LogP contribution is -2.33. The van der Waals surface area contributed by atoms with Crippen molar-refractivity contribution in [3.8, 4) is 11.4 Å². The van der Waals surface area contributed by atoms with Gasteiger partial charge in [0.25, 0.3) is 5.56 Å². The van der Waals surface area contributed by atoms with Crippen LogP contribution in [0.4, 0.5) is 5.82 Å². The quantitative estimate of drug-likeness (QED) is 0.255. The third kappa shape index (κ3) is 5.24. The number of nitrogens with zero attached hydrogens (tertiary/aromatic N) is 2. The average Bonchev–Trinajstić information content (AvgIpc) is 2.64. The van der Waals surface area contributed by atoms with Crippen LogP contribution in [0.2, 0.25) is 10.0 Å². The molecule has 2 atom stereocenters. The molecule has 29 heavy (non-hydrogen) atoms. The molecular weight excluding hydrogens is 423 g/mol. The molecule has 1 aromatic heterocycles. The van der Waals surface area contributed by atoms with E-state index in [9.17, 15) is 14.7 Å². The van der Waals surface area contributed by atoms with Crippen molar-refractivity contribution in [2.24, 2.45) is 11.7 Å². The number of aromatic amines is 1. The number of nitrogens with one attached hydrogen (secondary N) is 2. The van der Waals surface area contributed by atoms with Gasteiger partial charge in [0, 0.05) is 6.08 Å². The van der Waals surface area contributed by atoms with Gasteiger partial charge in [-0.15, -0.1) is 5.10 Å². The first-order chi connectivity index (χ1) is 13.5. The Labute approximate surface area is 175 Å². The summed E-state index contributed by atoms with van der Waals surface area (Å²) in [5, 5.41) is 21.3. The number of hydrogen-bond acceptors (Lipinski definition) is 8. The maximum Gasteiger partial charge on any atom is 0.349 e. The number of nitrogen functional groups attached to an aromatic ring is 1. The number of aliphatic hydroxyl groups excluding tert-OH is 1. The minimum Gasteiger partial charge on any atom is -0.437 e. The van der Waals surface area contributed by atoms with Gasteiger partial charge < -0.3 is 21.3 Å². The number of ether oxygens (including phenoxy) is 1. The van der Waals surface area contributed by atoms with Crippen LogP contribution in [-0.2, 0) is 0 Å². The number of benzene rings is 1. The zero-order valence-corrected chi connectivity index (χ0v) is 17.1. The number of aromatic nitrogens is 3. The van der Waals surface area contributed by atoms with Crippen molar-refractivity contribution in [2.45, 2.75) is 26.5 Å². The molecule has 2 rings (SSSR count). The molecule has 1 aromatic carbocycles. The molecule has 1 unspecified atom stereocenters. The number of H-pyrrole nitrogens is 1. The van der Waals surface area contributed by atoms with Gasteiger partial charge in [-0.2, -0.15) is 4.68 Å². The molecule has 1 heterocycles. The van der Waals surface area contributed by atoms with Crippen LogP contribution in [-0.4, -0.2) is 32.0 Å². The summed E-state index contributed by atoms with van der Waals surface area (Å²) in [7, 11) is 0. The Morgan fingerprint density at radius 2 is 2.00 bits per heavy atom. The summed E-state index contributed by atoms with van der Waals surface area (Å²) in [6, 6.07) is 2.61. The van der Waals surface area contributed by atoms with Gasteiger partial charge in [-0.05, 0) is 30.0 Å². The summed E-state index contributed by atoms with van der Waals surface area (Å²) >= 11 is 12.4. The topological polar surface area (TPSA) is 173 Å². The summed E-state index contributed by atoms with van der Waals surface area (Å²) in [5.41, 5.74) is 9.87. The highest BCUT2D eigenvalue weighted by Crippen LogP contribution is 2.35. The van der Waals surface area contributed by atoms with Gasteiger partial charge in [0.15, 0.2) is 5.75 Å². The van der Waals surface area contributed by atoms with Crippen molar-refractivity contribution in [1.82, 2.24) is 14.8 Å². The highest BCUT2D eigenvalue weighted by Gasteiger charge is 2.17. The second-order valence-corrected chi connectivity index (χ2v) is 6.97. The fourth-order valence-corrected chi connectivity index (χ4v) is 2.95. The molecule has 0 aliphatic carbocycles. The molecule has 156 valence electrons. The van der Waals surface area contributed by atoms with E-state index < -0.39 is 23.3 Å². The molecule has 0 saturated heterocycles. The van der Waals surface area contributed by atoms with Crippen LogP contribution in [0, 0.1) is 11.3 Å². The molecule has 10 nitrogen and oxygen atoms in total. The van der Waals surface area contributed by atoms with Crippen molar-refractivity contribution < 1.29 is 9.84 Å². The zero-order valence-electron chi connectivity index (χ0n) is 15.6. The normalized spacial score (nSPS) is 13.8. The fourth-order valence-electron chi connectivity index (χ4n) is 2.40. The van der Waals surface area contributed by atoms with Gasteiger partial charge in [-0.25, -0.2) is 4.79 Å². The molecule has 0 saturated carbocycles. The molecule has 0 aliphatic rings. The number of aliphatic hydroxyl groups is 1. The van der Waals surface area contributed by atoms with Gasteiger partial charge in [-0.1, -0.05) is 37.0 Å². The summed E-state index contributed by atoms with van der Waals surface area (Å²) in [6.07, 6.45) is 0.757. The lowest BCUT2D eigenvalue weighted by Gasteiger charge is -2.17. The van der Waals surface area contributed by atoms with Gasteiger partial charge >= 0.3 is 5.69 Å². The molecule has 0 spiro atoms. The van der Waals surface area contributed by atoms with Crippen molar-refractivity contribution in [3.05, 3.63) is 54.7 Å². The third-order valence-electron chi connectivity index (χ3n) is 4.11. The molecule has 7 N–H and O–H groups in total. The van der Waals surface area contributed by atoms with Crippen molar-refractivity contribution >= 4 is 34.9 Å². The van der Waals surface area contributed by atoms with Crippen molar-refractivity contribution in [3.63, 3.8) is 0 Å². The first-order valence-electron chi connectivity index (χ1n) is 8.45. The minimum absolute atomic E-state index is 0.0255. The van der Waals surface area contributed by atoms with Crippen LogP contribution in [0.3, 0.4) is 0 Å². The average molecular weight is 443 g/mol. The molecule has 0 amide bonds. The third-order valence-corrected chi connectivity index (χ3v) is 4.68. The Morgan fingerprint density at radius 3 is 2.52 bits per heavy atom. The van der Waals surface area contributed by atoms with Crippen molar-refractivity contribution in [2.75, 3.05) is 5.73 Å². The summed E-state index contributed by atoms with van der Waals surface area (Å²) < 4.78 is 6.22. The van der Waals surface area contributed by atoms with E-state index in [4.69, 9.17) is 44.8 Å². The summed E-state index contributed by atoms with van der Waals surface area (Å²) in [5.74, 6) is -0.873. The molecule has 0 bridgehead atoms. The van der Waals surface area contributed by atoms with E-state index in [-0.39, 0.29) is 33.3 Å². The van der Waals surface area contributed by atoms with E-state index in [2.05, 4.69) is 5.10 Å². The highest BCUT2D eigenvalue weighted by atomic mass is 35.5.